The molecule has 172 valence electrons. The number of hydrogen-bond acceptors (Lipinski definition) is 6. The normalized spacial score (nSPS) is 10.5. The molecule has 0 saturated heterocycles. The molecule has 0 aliphatic carbocycles. The number of rotatable bonds is 8. The smallest absolute Gasteiger partial charge is 0.254 e. The Morgan fingerprint density at radius 2 is 1.65 bits per heavy atom. The largest absolute Gasteiger partial charge is 0.484 e. The molecule has 1 heterocycles. The first-order valence-electron chi connectivity index (χ1n) is 10.4. The van der Waals surface area contributed by atoms with E-state index in [0.717, 1.165) is 11.1 Å². The zero-order chi connectivity index (χ0) is 23.9. The minimum Gasteiger partial charge on any atom is -0.484 e. The summed E-state index contributed by atoms with van der Waals surface area (Å²) < 4.78 is 11.3. The average Bonchev–Trinajstić information content (AvgIpc) is 3.32. The lowest BCUT2D eigenvalue weighted by Crippen LogP contribution is -2.32. The van der Waals surface area contributed by atoms with Crippen molar-refractivity contribution in [2.45, 2.75) is 13.5 Å². The van der Waals surface area contributed by atoms with Crippen molar-refractivity contribution in [3.05, 3.63) is 94.8 Å². The molecule has 0 radical (unpaired) electrons. The highest BCUT2D eigenvalue weighted by Gasteiger charge is 2.10. The Morgan fingerprint density at radius 3 is 2.35 bits per heavy atom. The summed E-state index contributed by atoms with van der Waals surface area (Å²) in [5.74, 6) is 0.625. The van der Waals surface area contributed by atoms with Crippen molar-refractivity contribution in [1.29, 1.82) is 0 Å². The van der Waals surface area contributed by atoms with Gasteiger partial charge in [-0.1, -0.05) is 29.3 Å². The van der Waals surface area contributed by atoms with Crippen LogP contribution in [-0.4, -0.2) is 28.6 Å². The van der Waals surface area contributed by atoms with Crippen molar-refractivity contribution in [2.24, 2.45) is 0 Å². The molecule has 0 fully saturated rings. The van der Waals surface area contributed by atoms with E-state index in [9.17, 15) is 9.59 Å². The average molecular weight is 477 g/mol. The zero-order valence-corrected chi connectivity index (χ0v) is 19.0. The van der Waals surface area contributed by atoms with Crippen LogP contribution in [0.3, 0.4) is 0 Å². The van der Waals surface area contributed by atoms with E-state index in [1.54, 1.807) is 60.7 Å². The maximum Gasteiger partial charge on any atom is 0.254 e. The van der Waals surface area contributed by atoms with Gasteiger partial charge in [-0.25, -0.2) is 0 Å². The van der Waals surface area contributed by atoms with Crippen LogP contribution in [0.4, 0.5) is 5.69 Å². The van der Waals surface area contributed by atoms with Crippen LogP contribution < -0.4 is 15.4 Å². The van der Waals surface area contributed by atoms with Gasteiger partial charge in [-0.15, -0.1) is 10.2 Å². The molecule has 0 atom stereocenters. The first-order chi connectivity index (χ1) is 16.5. The summed E-state index contributed by atoms with van der Waals surface area (Å²) in [5.41, 5.74) is 2.89. The minimum absolute atomic E-state index is 0.0946. The van der Waals surface area contributed by atoms with E-state index >= 15 is 0 Å². The standard InChI is InChI=1S/C25H21ClN4O4/c1-16-2-4-17(5-3-16)24(32)27-14-22(31)28-20-10-12-21(13-11-20)33-15-23-29-30-25(34-23)18-6-8-19(26)9-7-18/h2-13H,14-15H2,1H3,(H,27,32)(H,28,31). The number of benzene rings is 3. The van der Waals surface area contributed by atoms with Gasteiger partial charge in [0.1, 0.15) is 5.75 Å². The lowest BCUT2D eigenvalue weighted by molar-refractivity contribution is -0.115. The third-order valence-electron chi connectivity index (χ3n) is 4.78. The van der Waals surface area contributed by atoms with Gasteiger partial charge in [0, 0.05) is 21.8 Å². The third kappa shape index (κ3) is 6.20. The Balaban J connectivity index is 1.24. The topological polar surface area (TPSA) is 106 Å². The summed E-state index contributed by atoms with van der Waals surface area (Å²) in [5, 5.41) is 13.9. The number of carbonyl (C=O) groups is 2. The van der Waals surface area contributed by atoms with Gasteiger partial charge >= 0.3 is 0 Å². The highest BCUT2D eigenvalue weighted by atomic mass is 35.5. The van der Waals surface area contributed by atoms with Gasteiger partial charge in [0.2, 0.25) is 11.8 Å². The maximum absolute atomic E-state index is 12.1. The molecule has 2 amide bonds. The quantitative estimate of drug-likeness (QED) is 0.383. The first kappa shape index (κ1) is 23.0. The molecule has 9 heteroatoms. The van der Waals surface area contributed by atoms with Crippen LogP contribution in [0.25, 0.3) is 11.5 Å². The van der Waals surface area contributed by atoms with E-state index in [1.807, 2.05) is 19.1 Å². The number of amides is 2. The van der Waals surface area contributed by atoms with Gasteiger partial charge in [-0.2, -0.15) is 0 Å². The molecule has 0 saturated carbocycles. The summed E-state index contributed by atoms with van der Waals surface area (Å²) in [6.45, 7) is 1.89. The van der Waals surface area contributed by atoms with Gasteiger partial charge in [0.05, 0.1) is 6.54 Å². The van der Waals surface area contributed by atoms with Crippen molar-refractivity contribution < 1.29 is 18.7 Å². The SMILES string of the molecule is Cc1ccc(C(=O)NCC(=O)Nc2ccc(OCc3nnc(-c4ccc(Cl)cc4)o3)cc2)cc1. The van der Waals surface area contributed by atoms with Crippen molar-refractivity contribution in [3.8, 4) is 17.2 Å². The molecule has 34 heavy (non-hydrogen) atoms. The molecule has 0 spiro atoms. The van der Waals surface area contributed by atoms with Crippen LogP contribution in [0.5, 0.6) is 5.75 Å². The second-order valence-electron chi connectivity index (χ2n) is 7.42. The van der Waals surface area contributed by atoms with Gasteiger partial charge < -0.3 is 19.8 Å². The van der Waals surface area contributed by atoms with E-state index in [-0.39, 0.29) is 25.0 Å². The lowest BCUT2D eigenvalue weighted by Gasteiger charge is -2.08. The fourth-order valence-corrected chi connectivity index (χ4v) is 3.10. The van der Waals surface area contributed by atoms with E-state index in [1.165, 1.54) is 0 Å². The molecule has 2 N–H and O–H groups in total. The number of anilines is 1. The van der Waals surface area contributed by atoms with E-state index in [0.29, 0.717) is 33.8 Å². The highest BCUT2D eigenvalue weighted by molar-refractivity contribution is 6.30. The van der Waals surface area contributed by atoms with Crippen molar-refractivity contribution >= 4 is 29.1 Å². The second-order valence-corrected chi connectivity index (χ2v) is 7.85. The molecule has 1 aromatic heterocycles. The van der Waals surface area contributed by atoms with Crippen molar-refractivity contribution in [2.75, 3.05) is 11.9 Å². The third-order valence-corrected chi connectivity index (χ3v) is 5.03. The number of nitrogens with zero attached hydrogens (tertiary/aromatic N) is 2. The molecule has 0 aliphatic rings. The van der Waals surface area contributed by atoms with Gasteiger partial charge in [0.25, 0.3) is 11.8 Å². The molecule has 3 aromatic carbocycles. The summed E-state index contributed by atoms with van der Waals surface area (Å²) in [7, 11) is 0. The van der Waals surface area contributed by atoms with Crippen LogP contribution in [0.15, 0.2) is 77.2 Å². The molecular weight excluding hydrogens is 456 g/mol. The van der Waals surface area contributed by atoms with Crippen LogP contribution in [0.2, 0.25) is 5.02 Å². The van der Waals surface area contributed by atoms with Crippen LogP contribution in [-0.2, 0) is 11.4 Å². The summed E-state index contributed by atoms with van der Waals surface area (Å²) in [6.07, 6.45) is 0. The Labute approximate surface area is 200 Å². The fourth-order valence-electron chi connectivity index (χ4n) is 2.97. The predicted octanol–water partition coefficient (Wildman–Crippen LogP) is 4.65. The molecule has 0 aliphatic heterocycles. The molecule has 8 nitrogen and oxygen atoms in total. The van der Waals surface area contributed by atoms with Crippen LogP contribution in [0.1, 0.15) is 21.8 Å². The maximum atomic E-state index is 12.1. The molecule has 4 rings (SSSR count). The number of nitrogens with one attached hydrogen (secondary N) is 2. The summed E-state index contributed by atoms with van der Waals surface area (Å²) >= 11 is 5.89. The minimum atomic E-state index is -0.338. The number of carbonyl (C=O) groups excluding carboxylic acids is 2. The van der Waals surface area contributed by atoms with Crippen molar-refractivity contribution in [3.63, 3.8) is 0 Å². The zero-order valence-electron chi connectivity index (χ0n) is 18.2. The van der Waals surface area contributed by atoms with Crippen LogP contribution in [0, 0.1) is 6.92 Å². The number of aromatic nitrogens is 2. The van der Waals surface area contributed by atoms with Gasteiger partial charge in [-0.3, -0.25) is 9.59 Å². The summed E-state index contributed by atoms with van der Waals surface area (Å²) in [6, 6.07) is 21.0. The Morgan fingerprint density at radius 1 is 0.941 bits per heavy atom. The van der Waals surface area contributed by atoms with Crippen LogP contribution >= 0.6 is 11.6 Å². The molecule has 4 aromatic rings. The number of ether oxygens (including phenoxy) is 1. The molecule has 0 unspecified atom stereocenters. The molecule has 0 bridgehead atoms. The van der Waals surface area contributed by atoms with E-state index in [2.05, 4.69) is 20.8 Å². The Bertz CT molecular complexity index is 1270. The number of hydrogen-bond donors (Lipinski definition) is 2. The lowest BCUT2D eigenvalue weighted by atomic mass is 10.1. The fraction of sp³-hybridized carbons (Fsp3) is 0.120. The van der Waals surface area contributed by atoms with Gasteiger partial charge in [-0.05, 0) is 67.6 Å². The molecular formula is C25H21ClN4O4. The predicted molar refractivity (Wildman–Crippen MR) is 128 cm³/mol. The number of aryl methyl sites for hydroxylation is 1. The van der Waals surface area contributed by atoms with E-state index in [4.69, 9.17) is 20.8 Å². The highest BCUT2D eigenvalue weighted by Crippen LogP contribution is 2.21. The van der Waals surface area contributed by atoms with Crippen molar-refractivity contribution in [1.82, 2.24) is 15.5 Å². The monoisotopic (exact) mass is 476 g/mol. The Kier molecular flexibility index (Phi) is 7.19. The first-order valence-corrected chi connectivity index (χ1v) is 10.8. The van der Waals surface area contributed by atoms with E-state index < -0.39 is 0 Å². The summed E-state index contributed by atoms with van der Waals surface area (Å²) in [4.78, 5) is 24.3. The van der Waals surface area contributed by atoms with Gasteiger partial charge in [0.15, 0.2) is 6.61 Å². The Hall–Kier alpha value is -4.17. The second kappa shape index (κ2) is 10.6. The number of halogens is 1.